The van der Waals surface area contributed by atoms with Crippen molar-refractivity contribution < 1.29 is 9.59 Å². The summed E-state index contributed by atoms with van der Waals surface area (Å²) in [6.07, 6.45) is 1.57. The number of nitrogens with zero attached hydrogens (tertiary/aromatic N) is 4. The third-order valence-corrected chi connectivity index (χ3v) is 3.95. The third-order valence-electron chi connectivity index (χ3n) is 3.55. The molecular formula is C13H12Cl2N4O2. The lowest BCUT2D eigenvalue weighted by atomic mass is 10.2. The molecule has 3 heterocycles. The Morgan fingerprint density at radius 1 is 1.43 bits per heavy atom. The minimum Gasteiger partial charge on any atom is -0.298 e. The van der Waals surface area contributed by atoms with Gasteiger partial charge in [0.15, 0.2) is 5.65 Å². The first-order valence-electron chi connectivity index (χ1n) is 6.38. The Morgan fingerprint density at radius 2 is 2.14 bits per heavy atom. The molecule has 2 amide bonds. The number of alkyl halides is 1. The lowest BCUT2D eigenvalue weighted by molar-refractivity contribution is -0.137. The summed E-state index contributed by atoms with van der Waals surface area (Å²) in [6.45, 7) is 1.76. The van der Waals surface area contributed by atoms with Crippen molar-refractivity contribution in [3.8, 4) is 0 Å². The van der Waals surface area contributed by atoms with Crippen molar-refractivity contribution in [3.63, 3.8) is 0 Å². The number of amides is 2. The number of pyridine rings is 1. The fourth-order valence-corrected chi connectivity index (χ4v) is 2.81. The summed E-state index contributed by atoms with van der Waals surface area (Å²) in [7, 11) is 1.47. The van der Waals surface area contributed by atoms with Gasteiger partial charge in [0, 0.05) is 13.2 Å². The molecule has 0 N–H and O–H groups in total. The van der Waals surface area contributed by atoms with Crippen LogP contribution in [0.1, 0.15) is 30.6 Å². The Kier molecular flexibility index (Phi) is 3.37. The van der Waals surface area contributed by atoms with Gasteiger partial charge in [-0.1, -0.05) is 11.6 Å². The van der Waals surface area contributed by atoms with Crippen LogP contribution >= 0.6 is 23.2 Å². The molecule has 2 aromatic rings. The number of hydrogen-bond acceptors (Lipinski definition) is 4. The third kappa shape index (κ3) is 2.18. The van der Waals surface area contributed by atoms with E-state index in [-0.39, 0.29) is 18.2 Å². The van der Waals surface area contributed by atoms with Crippen LogP contribution in [0.15, 0.2) is 12.3 Å². The van der Waals surface area contributed by atoms with Crippen LogP contribution in [0.5, 0.6) is 0 Å². The molecule has 1 saturated heterocycles. The number of hydrogen-bond donors (Lipinski definition) is 0. The fourth-order valence-electron chi connectivity index (χ4n) is 2.50. The van der Waals surface area contributed by atoms with Crippen LogP contribution < -0.4 is 0 Å². The molecule has 21 heavy (non-hydrogen) atoms. The average molecular weight is 327 g/mol. The van der Waals surface area contributed by atoms with Crippen LogP contribution in [-0.4, -0.2) is 38.3 Å². The van der Waals surface area contributed by atoms with Crippen LogP contribution in [0.4, 0.5) is 0 Å². The number of aromatic nitrogens is 3. The van der Waals surface area contributed by atoms with Gasteiger partial charge in [-0.3, -0.25) is 19.1 Å². The highest BCUT2D eigenvalue weighted by Gasteiger charge is 2.39. The van der Waals surface area contributed by atoms with Crippen molar-refractivity contribution in [2.45, 2.75) is 24.8 Å². The normalized spacial score (nSPS) is 20.6. The number of likely N-dealkylation sites (tertiary alicyclic amines) is 1. The van der Waals surface area contributed by atoms with E-state index in [9.17, 15) is 9.59 Å². The minimum absolute atomic E-state index is 0.0850. The van der Waals surface area contributed by atoms with Gasteiger partial charge in [-0.15, -0.1) is 11.6 Å². The van der Waals surface area contributed by atoms with Crippen LogP contribution in [-0.2, 0) is 9.59 Å². The molecule has 0 saturated carbocycles. The molecule has 0 aliphatic carbocycles. The molecule has 0 spiro atoms. The topological polar surface area (TPSA) is 68.1 Å². The number of halogens is 2. The van der Waals surface area contributed by atoms with Crippen molar-refractivity contribution in [1.82, 2.24) is 19.4 Å². The molecule has 2 aromatic heterocycles. The second-order valence-corrected chi connectivity index (χ2v) is 6.05. The molecule has 0 bridgehead atoms. The van der Waals surface area contributed by atoms with E-state index in [1.165, 1.54) is 13.2 Å². The molecule has 2 atom stereocenters. The van der Waals surface area contributed by atoms with Gasteiger partial charge in [0.1, 0.15) is 17.4 Å². The van der Waals surface area contributed by atoms with E-state index >= 15 is 0 Å². The number of carbonyl (C=O) groups excluding carboxylic acids is 2. The van der Waals surface area contributed by atoms with Crippen molar-refractivity contribution in [3.05, 3.63) is 23.1 Å². The van der Waals surface area contributed by atoms with Crippen LogP contribution in [0.2, 0.25) is 5.02 Å². The fraction of sp³-hybridized carbons (Fsp3) is 0.385. The van der Waals surface area contributed by atoms with Gasteiger partial charge in [-0.25, -0.2) is 9.97 Å². The van der Waals surface area contributed by atoms with E-state index in [0.29, 0.717) is 22.0 Å². The first-order chi connectivity index (χ1) is 9.90. The molecule has 2 unspecified atom stereocenters. The van der Waals surface area contributed by atoms with E-state index in [1.54, 1.807) is 17.6 Å². The van der Waals surface area contributed by atoms with E-state index in [1.807, 2.05) is 0 Å². The van der Waals surface area contributed by atoms with E-state index in [0.717, 1.165) is 4.90 Å². The van der Waals surface area contributed by atoms with Gasteiger partial charge in [-0.05, 0) is 13.0 Å². The Bertz CT molecular complexity index is 756. The quantitative estimate of drug-likeness (QED) is 0.627. The lowest BCUT2D eigenvalue weighted by Gasteiger charge is -2.15. The van der Waals surface area contributed by atoms with Gasteiger partial charge in [0.05, 0.1) is 16.8 Å². The van der Waals surface area contributed by atoms with E-state index in [2.05, 4.69) is 9.97 Å². The molecule has 1 fully saturated rings. The van der Waals surface area contributed by atoms with Gasteiger partial charge in [0.2, 0.25) is 5.91 Å². The van der Waals surface area contributed by atoms with Crippen LogP contribution in [0, 0.1) is 0 Å². The number of rotatable bonds is 2. The summed E-state index contributed by atoms with van der Waals surface area (Å²) in [5.41, 5.74) is 1.06. The zero-order valence-electron chi connectivity index (χ0n) is 11.4. The zero-order chi connectivity index (χ0) is 15.3. The number of imidazole rings is 1. The van der Waals surface area contributed by atoms with Crippen LogP contribution in [0.3, 0.4) is 0 Å². The van der Waals surface area contributed by atoms with Crippen molar-refractivity contribution >= 4 is 46.2 Å². The molecule has 110 valence electrons. The minimum atomic E-state index is -0.655. The van der Waals surface area contributed by atoms with E-state index in [4.69, 9.17) is 23.2 Å². The van der Waals surface area contributed by atoms with Crippen molar-refractivity contribution in [2.75, 3.05) is 7.05 Å². The standard InChI is InChI=1S/C13H12Cl2N4O2/c1-6(14)11-17-8-3-7(15)5-16-12(8)19(11)9-4-10(20)18(2)13(9)21/h3,5-6,9H,4H2,1-2H3. The maximum Gasteiger partial charge on any atom is 0.252 e. The van der Waals surface area contributed by atoms with Gasteiger partial charge < -0.3 is 0 Å². The predicted molar refractivity (Wildman–Crippen MR) is 78.2 cm³/mol. The van der Waals surface area contributed by atoms with Gasteiger partial charge >= 0.3 is 0 Å². The summed E-state index contributed by atoms with van der Waals surface area (Å²) in [6, 6.07) is 1.01. The molecule has 1 aliphatic heterocycles. The Labute approximate surface area is 130 Å². The largest absolute Gasteiger partial charge is 0.298 e. The molecule has 0 aromatic carbocycles. The first kappa shape index (κ1) is 14.3. The summed E-state index contributed by atoms with van der Waals surface area (Å²) >= 11 is 12.1. The number of likely N-dealkylation sites (N-methyl/N-ethyl adjacent to an activating group) is 1. The Hall–Kier alpha value is -1.66. The highest BCUT2D eigenvalue weighted by atomic mass is 35.5. The number of imide groups is 1. The SMILES string of the molecule is CC(Cl)c1nc2cc(Cl)cnc2n1C1CC(=O)N(C)C1=O. The maximum absolute atomic E-state index is 12.3. The average Bonchev–Trinajstić information content (AvgIpc) is 2.91. The smallest absolute Gasteiger partial charge is 0.252 e. The van der Waals surface area contributed by atoms with Gasteiger partial charge in [-0.2, -0.15) is 0 Å². The Morgan fingerprint density at radius 3 is 2.71 bits per heavy atom. The summed E-state index contributed by atoms with van der Waals surface area (Å²) < 4.78 is 1.65. The number of carbonyl (C=O) groups is 2. The Balaban J connectivity index is 2.23. The molecule has 3 rings (SSSR count). The summed E-state index contributed by atoms with van der Waals surface area (Å²) in [4.78, 5) is 33.8. The molecule has 8 heteroatoms. The second kappa shape index (κ2) is 4.96. The summed E-state index contributed by atoms with van der Waals surface area (Å²) in [5.74, 6) is -0.00788. The summed E-state index contributed by atoms with van der Waals surface area (Å²) in [5, 5.41) is 0.0265. The monoisotopic (exact) mass is 326 g/mol. The maximum atomic E-state index is 12.3. The van der Waals surface area contributed by atoms with Crippen molar-refractivity contribution in [1.29, 1.82) is 0 Å². The molecule has 1 aliphatic rings. The molecule has 0 radical (unpaired) electrons. The molecule has 6 nitrogen and oxygen atoms in total. The molecular weight excluding hydrogens is 315 g/mol. The van der Waals surface area contributed by atoms with Gasteiger partial charge in [0.25, 0.3) is 5.91 Å². The van der Waals surface area contributed by atoms with Crippen molar-refractivity contribution in [2.24, 2.45) is 0 Å². The van der Waals surface area contributed by atoms with Crippen LogP contribution in [0.25, 0.3) is 11.2 Å². The zero-order valence-corrected chi connectivity index (χ0v) is 12.9. The highest BCUT2D eigenvalue weighted by Crippen LogP contribution is 2.33. The lowest BCUT2D eigenvalue weighted by Crippen LogP contribution is -2.27. The predicted octanol–water partition coefficient (Wildman–Crippen LogP) is 2.31. The highest BCUT2D eigenvalue weighted by molar-refractivity contribution is 6.31. The van der Waals surface area contributed by atoms with E-state index < -0.39 is 11.4 Å². The second-order valence-electron chi connectivity index (χ2n) is 4.96. The first-order valence-corrected chi connectivity index (χ1v) is 7.19. The number of fused-ring (bicyclic) bond motifs is 1.